The fraction of sp³-hybridized carbons (Fsp3) is 0.977. The lowest BCUT2D eigenvalue weighted by molar-refractivity contribution is -0.303. The fourth-order valence-electron chi connectivity index (χ4n) is 7.33. The average molecular weight is 776 g/mol. The van der Waals surface area contributed by atoms with Crippen LogP contribution in [0.25, 0.3) is 0 Å². The van der Waals surface area contributed by atoms with Crippen molar-refractivity contribution >= 4 is 5.91 Å². The molecule has 11 heteroatoms. The Morgan fingerprint density at radius 2 is 1.04 bits per heavy atom. The maximum Gasteiger partial charge on any atom is 0.249 e. The van der Waals surface area contributed by atoms with Crippen molar-refractivity contribution < 1.29 is 50.0 Å². The number of aliphatic hydroxyl groups is 7. The zero-order valence-corrected chi connectivity index (χ0v) is 34.6. The summed E-state index contributed by atoms with van der Waals surface area (Å²) in [4.78, 5) is 13.0. The lowest BCUT2D eigenvalue weighted by atomic mass is 9.98. The quantitative estimate of drug-likeness (QED) is 0.0323. The highest BCUT2D eigenvalue weighted by Crippen LogP contribution is 2.23. The summed E-state index contributed by atoms with van der Waals surface area (Å²) in [6, 6.07) is -1.16. The lowest BCUT2D eigenvalue weighted by Crippen LogP contribution is -2.60. The predicted octanol–water partition coefficient (Wildman–Crippen LogP) is 6.58. The van der Waals surface area contributed by atoms with Gasteiger partial charge in [0.15, 0.2) is 6.29 Å². The molecule has 54 heavy (non-hydrogen) atoms. The van der Waals surface area contributed by atoms with Crippen molar-refractivity contribution in [2.24, 2.45) is 5.92 Å². The van der Waals surface area contributed by atoms with Crippen molar-refractivity contribution in [1.82, 2.24) is 5.32 Å². The van der Waals surface area contributed by atoms with E-state index in [9.17, 15) is 40.5 Å². The van der Waals surface area contributed by atoms with Gasteiger partial charge < -0.3 is 50.5 Å². The molecule has 0 aromatic rings. The van der Waals surface area contributed by atoms with Crippen LogP contribution in [0.3, 0.4) is 0 Å². The van der Waals surface area contributed by atoms with Crippen LogP contribution in [-0.2, 0) is 14.3 Å². The van der Waals surface area contributed by atoms with Crippen LogP contribution >= 0.6 is 0 Å². The van der Waals surface area contributed by atoms with Crippen LogP contribution in [-0.4, -0.2) is 110 Å². The third kappa shape index (κ3) is 24.0. The monoisotopic (exact) mass is 776 g/mol. The van der Waals surface area contributed by atoms with Gasteiger partial charge in [-0.1, -0.05) is 181 Å². The van der Waals surface area contributed by atoms with Gasteiger partial charge in [0, 0.05) is 0 Å². The van der Waals surface area contributed by atoms with E-state index < -0.39 is 74.2 Å². The number of aliphatic hydroxyl groups excluding tert-OH is 7. The minimum atomic E-state index is -1.66. The second-order valence-corrected chi connectivity index (χ2v) is 16.6. The fourth-order valence-corrected chi connectivity index (χ4v) is 7.33. The molecule has 0 aliphatic carbocycles. The summed E-state index contributed by atoms with van der Waals surface area (Å²) in [5, 5.41) is 75.4. The number of nitrogens with one attached hydrogen (secondary N) is 1. The SMILES string of the molecule is CCCCCCCCCCCCCCCCCCC[C@@H](O)C(=O)N[C@@H](CO[C@@H]1O[C@H](CO)[C@@H](O)[C@H](O)[C@H]1O)[C@H](O)[C@H](O)CCCCCCCCCC(C)C. The van der Waals surface area contributed by atoms with Gasteiger partial charge in [-0.2, -0.15) is 0 Å². The highest BCUT2D eigenvalue weighted by molar-refractivity contribution is 5.80. The van der Waals surface area contributed by atoms with Gasteiger partial charge >= 0.3 is 0 Å². The maximum atomic E-state index is 13.0. The van der Waals surface area contributed by atoms with E-state index in [0.29, 0.717) is 19.3 Å². The third-order valence-corrected chi connectivity index (χ3v) is 11.1. The van der Waals surface area contributed by atoms with E-state index >= 15 is 0 Å². The van der Waals surface area contributed by atoms with Gasteiger partial charge in [-0.05, 0) is 18.8 Å². The lowest BCUT2D eigenvalue weighted by Gasteiger charge is -2.40. The molecule has 0 spiro atoms. The third-order valence-electron chi connectivity index (χ3n) is 11.1. The van der Waals surface area contributed by atoms with E-state index in [4.69, 9.17) is 9.47 Å². The molecule has 1 aliphatic rings. The molecule has 8 N–H and O–H groups in total. The number of unbranched alkanes of at least 4 members (excludes halogenated alkanes) is 22. The van der Waals surface area contributed by atoms with Crippen molar-refractivity contribution in [1.29, 1.82) is 0 Å². The summed E-state index contributed by atoms with van der Waals surface area (Å²) in [7, 11) is 0. The molecule has 1 saturated heterocycles. The highest BCUT2D eigenvalue weighted by atomic mass is 16.7. The predicted molar refractivity (Wildman–Crippen MR) is 215 cm³/mol. The molecule has 1 heterocycles. The van der Waals surface area contributed by atoms with E-state index in [1.807, 2.05) is 0 Å². The van der Waals surface area contributed by atoms with Gasteiger partial charge in [0.1, 0.15) is 36.6 Å². The van der Waals surface area contributed by atoms with Crippen LogP contribution in [0.5, 0.6) is 0 Å². The van der Waals surface area contributed by atoms with E-state index in [-0.39, 0.29) is 6.42 Å². The summed E-state index contributed by atoms with van der Waals surface area (Å²) in [6.07, 6.45) is 18.9. The molecule has 0 radical (unpaired) electrons. The summed E-state index contributed by atoms with van der Waals surface area (Å²) in [6.45, 7) is 5.68. The van der Waals surface area contributed by atoms with E-state index in [1.54, 1.807) is 0 Å². The average Bonchev–Trinajstić information content (AvgIpc) is 3.15. The maximum absolute atomic E-state index is 13.0. The molecule has 1 rings (SSSR count). The van der Waals surface area contributed by atoms with Crippen molar-refractivity contribution in [3.63, 3.8) is 0 Å². The number of carbonyl (C=O) groups is 1. The summed E-state index contributed by atoms with van der Waals surface area (Å²) >= 11 is 0. The topological polar surface area (TPSA) is 189 Å². The Morgan fingerprint density at radius 3 is 1.48 bits per heavy atom. The van der Waals surface area contributed by atoms with Gasteiger partial charge in [0.05, 0.1) is 25.4 Å². The largest absolute Gasteiger partial charge is 0.394 e. The van der Waals surface area contributed by atoms with Crippen molar-refractivity contribution in [3.05, 3.63) is 0 Å². The Morgan fingerprint density at radius 1 is 0.611 bits per heavy atom. The first kappa shape index (κ1) is 51.1. The number of hydrogen-bond acceptors (Lipinski definition) is 10. The zero-order chi connectivity index (χ0) is 40.0. The highest BCUT2D eigenvalue weighted by Gasteiger charge is 2.44. The molecule has 322 valence electrons. The van der Waals surface area contributed by atoms with Gasteiger partial charge in [-0.3, -0.25) is 4.79 Å². The second kappa shape index (κ2) is 33.1. The van der Waals surface area contributed by atoms with Crippen LogP contribution in [0.4, 0.5) is 0 Å². The smallest absolute Gasteiger partial charge is 0.249 e. The van der Waals surface area contributed by atoms with Crippen LogP contribution in [0.2, 0.25) is 0 Å². The first-order valence-electron chi connectivity index (χ1n) is 22.3. The van der Waals surface area contributed by atoms with Gasteiger partial charge in [-0.25, -0.2) is 0 Å². The first-order valence-corrected chi connectivity index (χ1v) is 22.3. The number of amides is 1. The molecular formula is C43H85NO10. The number of hydrogen-bond donors (Lipinski definition) is 8. The normalized spacial score (nSPS) is 22.7. The first-order chi connectivity index (χ1) is 26.0. The van der Waals surface area contributed by atoms with Crippen molar-refractivity contribution in [2.75, 3.05) is 13.2 Å². The molecule has 0 aromatic heterocycles. The van der Waals surface area contributed by atoms with Crippen molar-refractivity contribution in [3.8, 4) is 0 Å². The van der Waals surface area contributed by atoms with Gasteiger partial charge in [0.25, 0.3) is 0 Å². The van der Waals surface area contributed by atoms with E-state index in [2.05, 4.69) is 26.1 Å². The van der Waals surface area contributed by atoms with Crippen LogP contribution in [0.15, 0.2) is 0 Å². The Bertz CT molecular complexity index is 864. The van der Waals surface area contributed by atoms with E-state index in [1.165, 1.54) is 109 Å². The van der Waals surface area contributed by atoms with Crippen LogP contribution < -0.4 is 5.32 Å². The summed E-state index contributed by atoms with van der Waals surface area (Å²) < 4.78 is 11.1. The molecule has 0 bridgehead atoms. The molecule has 11 nitrogen and oxygen atoms in total. The Labute approximate surface area is 329 Å². The molecule has 0 unspecified atom stereocenters. The van der Waals surface area contributed by atoms with Gasteiger partial charge in [-0.15, -0.1) is 0 Å². The molecule has 1 aliphatic heterocycles. The minimum Gasteiger partial charge on any atom is -0.394 e. The number of carbonyl (C=O) groups excluding carboxylic acids is 1. The standard InChI is InChI=1S/C43H85NO10/c1-4-5-6-7-8-9-10-11-12-13-14-15-16-17-20-24-27-30-36(47)42(52)44-34(32-53-43-41(51)40(50)39(49)37(31-45)54-43)38(48)35(46)29-26-23-21-18-19-22-25-28-33(2)3/h33-41,43,45-51H,4-32H2,1-3H3,(H,44,52)/t34-,35+,36+,37+,38-,39+,40-,41+,43+/m0/s1. The molecule has 0 aromatic carbocycles. The molecule has 1 amide bonds. The summed E-state index contributed by atoms with van der Waals surface area (Å²) in [5.74, 6) is 0.0311. The Hall–Kier alpha value is -0.890. The molecule has 9 atom stereocenters. The number of ether oxygens (including phenoxy) is 2. The molecule has 0 saturated carbocycles. The zero-order valence-electron chi connectivity index (χ0n) is 34.6. The molecular weight excluding hydrogens is 690 g/mol. The Balaban J connectivity index is 2.44. The Kier molecular flexibility index (Phi) is 31.4. The van der Waals surface area contributed by atoms with Crippen LogP contribution in [0.1, 0.15) is 194 Å². The van der Waals surface area contributed by atoms with Crippen LogP contribution in [0, 0.1) is 5.92 Å². The number of rotatable bonds is 36. The minimum absolute atomic E-state index is 0.265. The summed E-state index contributed by atoms with van der Waals surface area (Å²) in [5.41, 5.74) is 0. The van der Waals surface area contributed by atoms with Crippen molar-refractivity contribution in [2.45, 2.75) is 249 Å². The molecule has 1 fully saturated rings. The van der Waals surface area contributed by atoms with E-state index in [0.717, 1.165) is 44.4 Å². The van der Waals surface area contributed by atoms with Gasteiger partial charge in [0.2, 0.25) is 5.91 Å². The second-order valence-electron chi connectivity index (χ2n) is 16.6.